The Bertz CT molecular complexity index is 318. The van der Waals surface area contributed by atoms with Gasteiger partial charge in [0, 0.05) is 5.50 Å². The van der Waals surface area contributed by atoms with Gasteiger partial charge in [-0.15, -0.1) is 11.6 Å². The largest absolute Gasteiger partial charge is 0.130 e. The molecule has 0 aliphatic rings. The molecular weight excluding hydrogens is 208 g/mol. The topological polar surface area (TPSA) is 0 Å². The van der Waals surface area contributed by atoms with Crippen molar-refractivity contribution in [1.82, 2.24) is 0 Å². The Morgan fingerprint density at radius 1 is 1.21 bits per heavy atom. The molecule has 14 heavy (non-hydrogen) atoms. The molecule has 78 valence electrons. The van der Waals surface area contributed by atoms with Gasteiger partial charge in [-0.25, -0.2) is 0 Å². The van der Waals surface area contributed by atoms with Gasteiger partial charge >= 0.3 is 0 Å². The van der Waals surface area contributed by atoms with Gasteiger partial charge in [-0.3, -0.25) is 0 Å². The molecule has 1 aromatic carbocycles. The molecule has 0 bridgehead atoms. The van der Waals surface area contributed by atoms with Crippen molar-refractivity contribution in [2.24, 2.45) is 0 Å². The van der Waals surface area contributed by atoms with Gasteiger partial charge in [0.05, 0.1) is 8.07 Å². The van der Waals surface area contributed by atoms with Gasteiger partial charge in [0.15, 0.2) is 0 Å². The number of rotatable bonds is 3. The second-order valence-corrected chi connectivity index (χ2v) is 10.7. The molecule has 0 aliphatic carbocycles. The lowest BCUT2D eigenvalue weighted by Gasteiger charge is -2.20. The Kier molecular flexibility index (Phi) is 3.79. The molecule has 0 nitrogen and oxygen atoms in total. The van der Waals surface area contributed by atoms with Crippen molar-refractivity contribution < 1.29 is 0 Å². The second-order valence-electron chi connectivity index (χ2n) is 4.90. The van der Waals surface area contributed by atoms with E-state index in [0.717, 1.165) is 5.50 Å². The number of hydrogen-bond donors (Lipinski definition) is 0. The maximum atomic E-state index is 5.99. The van der Waals surface area contributed by atoms with E-state index in [4.69, 9.17) is 11.6 Å². The lowest BCUT2D eigenvalue weighted by atomic mass is 10.1. The van der Waals surface area contributed by atoms with Crippen molar-refractivity contribution in [2.45, 2.75) is 33.0 Å². The van der Waals surface area contributed by atoms with E-state index >= 15 is 0 Å². The van der Waals surface area contributed by atoms with Crippen molar-refractivity contribution >= 4 is 19.7 Å². The van der Waals surface area contributed by atoms with Gasteiger partial charge in [0.25, 0.3) is 0 Å². The number of halogens is 1. The van der Waals surface area contributed by atoms with Crippen molar-refractivity contribution in [3.05, 3.63) is 34.9 Å². The van der Waals surface area contributed by atoms with Gasteiger partial charge < -0.3 is 0 Å². The third-order valence-corrected chi connectivity index (χ3v) is 6.76. The summed E-state index contributed by atoms with van der Waals surface area (Å²) in [5.74, 6) is 0. The van der Waals surface area contributed by atoms with E-state index in [1.54, 1.807) is 0 Å². The Hall–Kier alpha value is -0.273. The average Bonchev–Trinajstić information content (AvgIpc) is 2.10. The van der Waals surface area contributed by atoms with E-state index in [0.29, 0.717) is 0 Å². The van der Waals surface area contributed by atoms with Gasteiger partial charge in [0.1, 0.15) is 0 Å². The van der Waals surface area contributed by atoms with Crippen LogP contribution in [0.2, 0.25) is 13.1 Å². The van der Waals surface area contributed by atoms with Crippen LogP contribution in [0.3, 0.4) is 0 Å². The van der Waals surface area contributed by atoms with E-state index in [2.05, 4.69) is 45.1 Å². The van der Waals surface area contributed by atoms with Crippen LogP contribution in [0.15, 0.2) is 18.2 Å². The van der Waals surface area contributed by atoms with Crippen molar-refractivity contribution in [2.75, 3.05) is 5.50 Å². The van der Waals surface area contributed by atoms with Crippen molar-refractivity contribution in [3.8, 4) is 0 Å². The van der Waals surface area contributed by atoms with Gasteiger partial charge in [-0.05, 0) is 31.0 Å². The molecule has 0 radical (unpaired) electrons. The summed E-state index contributed by atoms with van der Waals surface area (Å²) in [7, 11) is -1.20. The standard InChI is InChI=1S/C12H19ClSi/c1-10-5-6-12(11(2)7-10)8-14(3,4)9-13/h5-7H,8-9H2,1-4H3. The summed E-state index contributed by atoms with van der Waals surface area (Å²) in [6.07, 6.45) is 0. The Morgan fingerprint density at radius 3 is 2.36 bits per heavy atom. The normalized spacial score (nSPS) is 11.8. The Labute approximate surface area is 93.3 Å². The third kappa shape index (κ3) is 3.14. The number of aryl methyl sites for hydroxylation is 2. The molecule has 0 heterocycles. The van der Waals surface area contributed by atoms with Crippen molar-refractivity contribution in [3.63, 3.8) is 0 Å². The van der Waals surface area contributed by atoms with E-state index < -0.39 is 8.07 Å². The van der Waals surface area contributed by atoms with Crippen LogP contribution in [-0.4, -0.2) is 13.6 Å². The van der Waals surface area contributed by atoms with E-state index in [9.17, 15) is 0 Å². The van der Waals surface area contributed by atoms with Crippen LogP contribution in [0.25, 0.3) is 0 Å². The highest BCUT2D eigenvalue weighted by molar-refractivity contribution is 6.82. The van der Waals surface area contributed by atoms with Gasteiger partial charge in [-0.2, -0.15) is 0 Å². The maximum absolute atomic E-state index is 5.99. The molecule has 0 unspecified atom stereocenters. The number of hydrogen-bond acceptors (Lipinski definition) is 0. The predicted molar refractivity (Wildman–Crippen MR) is 67.8 cm³/mol. The first-order valence-electron chi connectivity index (χ1n) is 5.07. The lowest BCUT2D eigenvalue weighted by molar-refractivity contribution is 1.22. The van der Waals surface area contributed by atoms with Gasteiger partial charge in [-0.1, -0.05) is 36.9 Å². The fourth-order valence-corrected chi connectivity index (χ4v) is 3.41. The van der Waals surface area contributed by atoms with Crippen LogP contribution >= 0.6 is 11.6 Å². The van der Waals surface area contributed by atoms with Crippen LogP contribution in [0.4, 0.5) is 0 Å². The fraction of sp³-hybridized carbons (Fsp3) is 0.500. The van der Waals surface area contributed by atoms with Gasteiger partial charge in [0.2, 0.25) is 0 Å². The minimum atomic E-state index is -1.20. The van der Waals surface area contributed by atoms with Crippen LogP contribution in [0.5, 0.6) is 0 Å². The summed E-state index contributed by atoms with van der Waals surface area (Å²) in [6, 6.07) is 7.91. The molecule has 0 spiro atoms. The summed E-state index contributed by atoms with van der Waals surface area (Å²) in [6.45, 7) is 9.03. The van der Waals surface area contributed by atoms with Crippen LogP contribution < -0.4 is 0 Å². The highest BCUT2D eigenvalue weighted by Crippen LogP contribution is 2.17. The molecular formula is C12H19ClSi. The summed E-state index contributed by atoms with van der Waals surface area (Å²) < 4.78 is 0. The predicted octanol–water partition coefficient (Wildman–Crippen LogP) is 3.87. The molecule has 0 N–H and O–H groups in total. The molecule has 1 rings (SSSR count). The van der Waals surface area contributed by atoms with Crippen LogP contribution in [-0.2, 0) is 6.04 Å². The monoisotopic (exact) mass is 226 g/mol. The minimum absolute atomic E-state index is 0.848. The molecule has 0 atom stereocenters. The van der Waals surface area contributed by atoms with E-state index in [1.165, 1.54) is 22.7 Å². The molecule has 2 heteroatoms. The molecule has 0 aromatic heterocycles. The smallest absolute Gasteiger partial charge is 0.0682 e. The highest BCUT2D eigenvalue weighted by atomic mass is 35.5. The molecule has 0 fully saturated rings. The SMILES string of the molecule is Cc1ccc(C[Si](C)(C)CCl)c(C)c1. The first kappa shape index (κ1) is 11.8. The number of benzene rings is 1. The zero-order valence-corrected chi connectivity index (χ0v) is 11.3. The van der Waals surface area contributed by atoms with E-state index in [-0.39, 0.29) is 0 Å². The molecule has 0 saturated carbocycles. The molecule has 0 aliphatic heterocycles. The molecule has 0 amide bonds. The molecule has 1 aromatic rings. The second kappa shape index (κ2) is 4.50. The Balaban J connectivity index is 2.87. The zero-order chi connectivity index (χ0) is 10.8. The summed E-state index contributed by atoms with van der Waals surface area (Å²) >= 11 is 5.99. The van der Waals surface area contributed by atoms with Crippen molar-refractivity contribution in [1.29, 1.82) is 0 Å². The number of alkyl halides is 1. The zero-order valence-electron chi connectivity index (χ0n) is 9.52. The first-order chi connectivity index (χ1) is 6.44. The molecule has 0 saturated heterocycles. The lowest BCUT2D eigenvalue weighted by Crippen LogP contribution is -2.32. The minimum Gasteiger partial charge on any atom is -0.130 e. The van der Waals surface area contributed by atoms with Crippen LogP contribution in [0.1, 0.15) is 16.7 Å². The summed E-state index contributed by atoms with van der Waals surface area (Å²) in [5, 5.41) is 0. The fourth-order valence-electron chi connectivity index (χ4n) is 1.61. The summed E-state index contributed by atoms with van der Waals surface area (Å²) in [4.78, 5) is 0. The average molecular weight is 227 g/mol. The highest BCUT2D eigenvalue weighted by Gasteiger charge is 2.20. The quantitative estimate of drug-likeness (QED) is 0.542. The third-order valence-electron chi connectivity index (χ3n) is 2.53. The first-order valence-corrected chi connectivity index (χ1v) is 9.01. The van der Waals surface area contributed by atoms with Crippen LogP contribution in [0, 0.1) is 13.8 Å². The Morgan fingerprint density at radius 2 is 1.86 bits per heavy atom. The summed E-state index contributed by atoms with van der Waals surface area (Å²) in [5.41, 5.74) is 5.08. The maximum Gasteiger partial charge on any atom is 0.0682 e. The van der Waals surface area contributed by atoms with E-state index in [1.807, 2.05) is 0 Å².